The molecule has 8 N–H and O–H groups in total. The van der Waals surface area contributed by atoms with Crippen LogP contribution in [0.2, 0.25) is 0 Å². The molecule has 0 radical (unpaired) electrons. The van der Waals surface area contributed by atoms with Crippen LogP contribution in [-0.4, -0.2) is 168 Å². The number of likely N-dealkylation sites (N-methyl/N-ethyl adjacent to an activating group) is 2. The molecule has 1 aliphatic rings. The number of benzene rings is 1. The van der Waals surface area contributed by atoms with Crippen molar-refractivity contribution in [3.8, 4) is 0 Å². The number of likely N-dealkylation sites (tertiary alicyclic amines) is 1. The van der Waals surface area contributed by atoms with Gasteiger partial charge in [0.1, 0.15) is 12.1 Å². The molecule has 72 heavy (non-hydrogen) atoms. The molecule has 0 saturated carbocycles. The van der Waals surface area contributed by atoms with Crippen LogP contribution in [0.25, 0.3) is 10.9 Å². The number of rotatable bonds is 33. The molecule has 10 atom stereocenters. The van der Waals surface area contributed by atoms with Crippen molar-refractivity contribution < 1.29 is 53.2 Å². The van der Waals surface area contributed by atoms with Gasteiger partial charge in [-0.15, -0.1) is 0 Å². The fourth-order valence-corrected chi connectivity index (χ4v) is 10.5. The number of nitrogens with one attached hydrogen (secondary N) is 4. The maximum Gasteiger partial charge on any atom is 0.326 e. The maximum atomic E-state index is 14.5. The summed E-state index contributed by atoms with van der Waals surface area (Å²) in [6.45, 7) is 15.0. The van der Waals surface area contributed by atoms with Crippen molar-refractivity contribution >= 4 is 52.4 Å². The van der Waals surface area contributed by atoms with Crippen LogP contribution in [0.3, 0.4) is 0 Å². The second kappa shape index (κ2) is 30.3. The predicted octanol–water partition coefficient (Wildman–Crippen LogP) is 4.56. The normalized spacial score (nSPS) is 17.8. The van der Waals surface area contributed by atoms with Crippen LogP contribution < -0.4 is 21.7 Å². The molecule has 5 amide bonds. The maximum absolute atomic E-state index is 14.5. The predicted molar refractivity (Wildman–Crippen MR) is 277 cm³/mol. The zero-order chi connectivity index (χ0) is 53.8. The van der Waals surface area contributed by atoms with Gasteiger partial charge in [-0.3, -0.25) is 43.9 Å². The van der Waals surface area contributed by atoms with E-state index in [1.807, 2.05) is 82.8 Å². The number of imide groups is 1. The van der Waals surface area contributed by atoms with Crippen LogP contribution in [0, 0.1) is 23.7 Å². The Morgan fingerprint density at radius 1 is 0.861 bits per heavy atom. The summed E-state index contributed by atoms with van der Waals surface area (Å²) >= 11 is 0. The number of aliphatic carboxylic acids is 2. The van der Waals surface area contributed by atoms with Crippen molar-refractivity contribution in [3.05, 3.63) is 36.0 Å². The van der Waals surface area contributed by atoms with E-state index >= 15 is 0 Å². The molecule has 0 spiro atoms. The Bertz CT molecular complexity index is 2060. The number of methoxy groups -OCH3 is 2. The van der Waals surface area contributed by atoms with Gasteiger partial charge < -0.3 is 45.9 Å². The highest BCUT2D eigenvalue weighted by Gasteiger charge is 2.44. The molecular formula is C53H88N8O11. The van der Waals surface area contributed by atoms with Gasteiger partial charge in [-0.25, -0.2) is 4.79 Å². The number of carboxylic acids is 2. The van der Waals surface area contributed by atoms with E-state index in [0.29, 0.717) is 71.0 Å². The molecule has 19 heteroatoms. The van der Waals surface area contributed by atoms with E-state index in [4.69, 9.17) is 20.3 Å². The molecule has 406 valence electrons. The minimum atomic E-state index is -1.19. The number of nitrogens with two attached hydrogens (primary N) is 1. The third-order valence-corrected chi connectivity index (χ3v) is 14.6. The first kappa shape index (κ1) is 61.4. The summed E-state index contributed by atoms with van der Waals surface area (Å²) in [5, 5.41) is 28.3. The number of amides is 5. The van der Waals surface area contributed by atoms with Gasteiger partial charge in [-0.05, 0) is 95.0 Å². The van der Waals surface area contributed by atoms with Gasteiger partial charge in [-0.1, -0.05) is 79.5 Å². The number of nitrogens with zero attached hydrogens (tertiary/aromatic N) is 3. The minimum absolute atomic E-state index is 0.0168. The second-order valence-electron chi connectivity index (χ2n) is 20.6. The Hall–Kier alpha value is -4.95. The molecule has 1 aromatic heterocycles. The molecule has 1 aromatic carbocycles. The van der Waals surface area contributed by atoms with E-state index in [2.05, 4.69) is 27.9 Å². The van der Waals surface area contributed by atoms with Crippen molar-refractivity contribution in [1.82, 2.24) is 35.6 Å². The van der Waals surface area contributed by atoms with Crippen LogP contribution in [-0.2, 0) is 49.5 Å². The van der Waals surface area contributed by atoms with E-state index in [0.717, 1.165) is 29.3 Å². The number of carbonyl (C=O) groups excluding carboxylic acids is 5. The van der Waals surface area contributed by atoms with Crippen molar-refractivity contribution in [2.75, 3.05) is 47.9 Å². The Morgan fingerprint density at radius 3 is 2.14 bits per heavy atom. The third-order valence-electron chi connectivity index (χ3n) is 14.6. The van der Waals surface area contributed by atoms with E-state index < -0.39 is 84.0 Å². The molecule has 1 aliphatic heterocycles. The average molecular weight is 1010 g/mol. The fourth-order valence-electron chi connectivity index (χ4n) is 10.5. The highest BCUT2D eigenvalue weighted by atomic mass is 16.5. The summed E-state index contributed by atoms with van der Waals surface area (Å²) in [7, 11) is 6.76. The van der Waals surface area contributed by atoms with Crippen LogP contribution in [0.5, 0.6) is 0 Å². The monoisotopic (exact) mass is 1010 g/mol. The average Bonchev–Trinajstić information content (AvgIpc) is 3.98. The highest BCUT2D eigenvalue weighted by molar-refractivity contribution is 6.00. The lowest BCUT2D eigenvalue weighted by molar-refractivity contribution is -0.146. The number of aromatic nitrogens is 1. The Labute approximate surface area is 427 Å². The van der Waals surface area contributed by atoms with Crippen LogP contribution in [0.15, 0.2) is 30.5 Å². The third kappa shape index (κ3) is 17.6. The largest absolute Gasteiger partial charge is 0.480 e. The Morgan fingerprint density at radius 2 is 1.53 bits per heavy atom. The van der Waals surface area contributed by atoms with E-state index in [1.165, 1.54) is 7.11 Å². The number of H-pyrrole nitrogens is 1. The molecule has 19 nitrogen and oxygen atoms in total. The lowest BCUT2D eigenvalue weighted by Gasteiger charge is -2.43. The van der Waals surface area contributed by atoms with Gasteiger partial charge in [0.25, 0.3) is 0 Å². The molecule has 1 fully saturated rings. The van der Waals surface area contributed by atoms with Gasteiger partial charge in [0.05, 0.1) is 42.7 Å². The molecule has 2 heterocycles. The van der Waals surface area contributed by atoms with E-state index in [1.54, 1.807) is 25.1 Å². The standard InChI is InChI=1S/C53H88N8O11/c1-12-34(6)47(60(9)46(33(4)5)51(66)58-50(65)45(32(2)3)59(8)27-19-13-14-25-43(62)55-26-18-17-22-38(54)52(67)68)42(71-10)30-44(63)61-28-20-24-41(61)48(72-11)35(7)49(64)57-40(53(69)70)29-36-31-56-39-23-16-15-21-37(36)39/h15-16,21,23,31-35,38,40-42,45-48,56H,12-14,17-20,22,24-30,54H2,1-11H3,(H,55,62)(H,57,64)(H,67,68)(H,69,70)(H,58,65,66)/t34-,35+,38-,40-,41-,42+,45-,46-,47-,48+/m0/s1. The number of ether oxygens (including phenoxy) is 2. The zero-order valence-corrected chi connectivity index (χ0v) is 44.9. The Kier molecular flexibility index (Phi) is 25.8. The summed E-state index contributed by atoms with van der Waals surface area (Å²) in [6, 6.07) is 3.24. The lowest BCUT2D eigenvalue weighted by atomic mass is 9.87. The molecular weight excluding hydrogens is 925 g/mol. The highest BCUT2D eigenvalue weighted by Crippen LogP contribution is 2.31. The van der Waals surface area contributed by atoms with Crippen molar-refractivity contribution in [1.29, 1.82) is 0 Å². The first-order valence-electron chi connectivity index (χ1n) is 26.0. The second-order valence-corrected chi connectivity index (χ2v) is 20.6. The molecule has 1 saturated heterocycles. The summed E-state index contributed by atoms with van der Waals surface area (Å²) in [5.41, 5.74) is 7.17. The summed E-state index contributed by atoms with van der Waals surface area (Å²) in [4.78, 5) is 101. The van der Waals surface area contributed by atoms with Crippen LogP contribution >= 0.6 is 0 Å². The smallest absolute Gasteiger partial charge is 0.326 e. The number of aromatic amines is 1. The lowest BCUT2D eigenvalue weighted by Crippen LogP contribution is -2.60. The number of carbonyl (C=O) groups is 7. The molecule has 0 bridgehead atoms. The van der Waals surface area contributed by atoms with Gasteiger partial charge in [0.2, 0.25) is 29.5 Å². The van der Waals surface area contributed by atoms with Gasteiger partial charge in [0, 0.05) is 63.3 Å². The zero-order valence-electron chi connectivity index (χ0n) is 44.9. The first-order chi connectivity index (χ1) is 34.1. The molecule has 0 aliphatic carbocycles. The molecule has 2 aromatic rings. The number of hydrogen-bond acceptors (Lipinski definition) is 12. The Balaban J connectivity index is 1.65. The van der Waals surface area contributed by atoms with Crippen LogP contribution in [0.1, 0.15) is 125 Å². The quantitative estimate of drug-likeness (QED) is 0.0484. The number of fused-ring (bicyclic) bond motifs is 1. The topological polar surface area (TPSA) is 266 Å². The van der Waals surface area contributed by atoms with Crippen molar-refractivity contribution in [2.45, 2.75) is 174 Å². The van der Waals surface area contributed by atoms with E-state index in [-0.39, 0.29) is 42.4 Å². The van der Waals surface area contributed by atoms with Gasteiger partial charge in [0.15, 0.2) is 0 Å². The number of para-hydroxylation sites is 1. The number of hydrogen-bond donors (Lipinski definition) is 7. The van der Waals surface area contributed by atoms with Crippen molar-refractivity contribution in [3.63, 3.8) is 0 Å². The summed E-state index contributed by atoms with van der Waals surface area (Å²) in [6.07, 6.45) is 6.57. The first-order valence-corrected chi connectivity index (χ1v) is 26.0. The van der Waals surface area contributed by atoms with Gasteiger partial charge in [-0.2, -0.15) is 0 Å². The van der Waals surface area contributed by atoms with Crippen molar-refractivity contribution in [2.24, 2.45) is 29.4 Å². The van der Waals surface area contributed by atoms with E-state index in [9.17, 15) is 38.7 Å². The fraction of sp³-hybridized carbons (Fsp3) is 0.717. The SMILES string of the molecule is CC[C@H](C)[C@@H]([C@@H](CC(=O)N1CCC[C@H]1[C@H](OC)[C@@H](C)C(=O)N[C@@H](Cc1c[nH]c2ccccc12)C(=O)O)OC)N(C)[C@H](C(=O)NC(=O)[C@H](C(C)C)N(C)CCCCCC(=O)NCCCC[C@H](N)C(=O)O)C(C)C. The molecule has 0 unspecified atom stereocenters. The minimum Gasteiger partial charge on any atom is -0.480 e. The number of carboxylic acid groups (broad SMARTS) is 2. The van der Waals surface area contributed by atoms with Crippen LogP contribution in [0.4, 0.5) is 0 Å². The number of unbranched alkanes of at least 4 members (excludes halogenated alkanes) is 3. The molecule has 3 rings (SSSR count). The van der Waals surface area contributed by atoms with Gasteiger partial charge >= 0.3 is 11.9 Å². The summed E-state index contributed by atoms with van der Waals surface area (Å²) in [5.74, 6) is -4.97. The summed E-state index contributed by atoms with van der Waals surface area (Å²) < 4.78 is 12.1.